The Morgan fingerprint density at radius 1 is 1.12 bits per heavy atom. The minimum atomic E-state index is 0.174. The van der Waals surface area contributed by atoms with Gasteiger partial charge in [-0.15, -0.1) is 0 Å². The second kappa shape index (κ2) is 5.70. The van der Waals surface area contributed by atoms with E-state index in [0.29, 0.717) is 17.7 Å². The molecule has 0 aromatic carbocycles. The smallest absolute Gasteiger partial charge is 0.225 e. The molecule has 0 radical (unpaired) electrons. The number of amides is 1. The fraction of sp³-hybridized carbons (Fsp3) is 0.929. The zero-order valence-electron chi connectivity index (χ0n) is 11.5. The van der Waals surface area contributed by atoms with Crippen LogP contribution in [0.4, 0.5) is 0 Å². The molecule has 1 amide bonds. The van der Waals surface area contributed by atoms with Gasteiger partial charge < -0.3 is 4.90 Å². The second-order valence-electron chi connectivity index (χ2n) is 5.90. The van der Waals surface area contributed by atoms with E-state index in [2.05, 4.69) is 39.5 Å². The third-order valence-electron chi connectivity index (χ3n) is 4.33. The predicted octanol–water partition coefficient (Wildman–Crippen LogP) is 3.17. The van der Waals surface area contributed by atoms with Crippen LogP contribution in [0.5, 0.6) is 0 Å². The molecule has 1 aliphatic rings. The SMILES string of the molecule is CC1CCN(C(=O)C(C)C(C)C(C)C)CC1. The van der Waals surface area contributed by atoms with Gasteiger partial charge in [0.05, 0.1) is 0 Å². The second-order valence-corrected chi connectivity index (χ2v) is 5.90. The van der Waals surface area contributed by atoms with Crippen LogP contribution >= 0.6 is 0 Å². The summed E-state index contributed by atoms with van der Waals surface area (Å²) in [6.07, 6.45) is 2.35. The Labute approximate surface area is 100 Å². The summed E-state index contributed by atoms with van der Waals surface area (Å²) < 4.78 is 0. The molecule has 2 atom stereocenters. The van der Waals surface area contributed by atoms with Crippen molar-refractivity contribution < 1.29 is 4.79 Å². The topological polar surface area (TPSA) is 20.3 Å². The molecule has 2 unspecified atom stereocenters. The number of hydrogen-bond donors (Lipinski definition) is 0. The standard InChI is InChI=1S/C14H27NO/c1-10(2)12(4)13(5)14(16)15-8-6-11(3)7-9-15/h10-13H,6-9H2,1-5H3. The van der Waals surface area contributed by atoms with Crippen LogP contribution in [0.3, 0.4) is 0 Å². The van der Waals surface area contributed by atoms with E-state index in [9.17, 15) is 4.79 Å². The molecule has 1 fully saturated rings. The van der Waals surface area contributed by atoms with Gasteiger partial charge >= 0.3 is 0 Å². The average molecular weight is 225 g/mol. The highest BCUT2D eigenvalue weighted by Gasteiger charge is 2.28. The summed E-state index contributed by atoms with van der Waals surface area (Å²) in [5, 5.41) is 0. The van der Waals surface area contributed by atoms with Crippen molar-refractivity contribution >= 4 is 5.91 Å². The van der Waals surface area contributed by atoms with Crippen LogP contribution < -0.4 is 0 Å². The molecule has 2 nitrogen and oxygen atoms in total. The minimum absolute atomic E-state index is 0.174. The van der Waals surface area contributed by atoms with E-state index in [1.54, 1.807) is 0 Å². The van der Waals surface area contributed by atoms with Crippen molar-refractivity contribution in [1.29, 1.82) is 0 Å². The fourth-order valence-corrected chi connectivity index (χ4v) is 2.32. The van der Waals surface area contributed by atoms with Crippen LogP contribution in [-0.4, -0.2) is 23.9 Å². The lowest BCUT2D eigenvalue weighted by Crippen LogP contribution is -2.42. The van der Waals surface area contributed by atoms with Crippen LogP contribution in [-0.2, 0) is 4.79 Å². The van der Waals surface area contributed by atoms with Gasteiger partial charge in [0.15, 0.2) is 0 Å². The number of nitrogens with zero attached hydrogens (tertiary/aromatic N) is 1. The highest BCUT2D eigenvalue weighted by molar-refractivity contribution is 5.78. The van der Waals surface area contributed by atoms with Crippen LogP contribution in [0.25, 0.3) is 0 Å². The third-order valence-corrected chi connectivity index (χ3v) is 4.33. The van der Waals surface area contributed by atoms with E-state index < -0.39 is 0 Å². The van der Waals surface area contributed by atoms with Gasteiger partial charge in [0.1, 0.15) is 0 Å². The van der Waals surface area contributed by atoms with Crippen molar-refractivity contribution in [1.82, 2.24) is 4.90 Å². The van der Waals surface area contributed by atoms with Gasteiger partial charge in [-0.2, -0.15) is 0 Å². The number of hydrogen-bond acceptors (Lipinski definition) is 1. The molecule has 1 aliphatic heterocycles. The Balaban J connectivity index is 2.50. The Morgan fingerprint density at radius 2 is 1.62 bits per heavy atom. The molecule has 0 saturated carbocycles. The van der Waals surface area contributed by atoms with Crippen molar-refractivity contribution in [2.45, 2.75) is 47.5 Å². The van der Waals surface area contributed by atoms with Crippen molar-refractivity contribution in [2.75, 3.05) is 13.1 Å². The lowest BCUT2D eigenvalue weighted by molar-refractivity contribution is -0.138. The van der Waals surface area contributed by atoms with Gasteiger partial charge in [0.2, 0.25) is 5.91 Å². The highest BCUT2D eigenvalue weighted by atomic mass is 16.2. The molecular formula is C14H27NO. The molecule has 94 valence electrons. The average Bonchev–Trinajstić information content (AvgIpc) is 2.27. The summed E-state index contributed by atoms with van der Waals surface area (Å²) in [7, 11) is 0. The molecule has 0 aliphatic carbocycles. The van der Waals surface area contributed by atoms with Crippen molar-refractivity contribution in [3.05, 3.63) is 0 Å². The summed E-state index contributed by atoms with van der Waals surface area (Å²) in [6.45, 7) is 12.9. The molecule has 1 rings (SSSR count). The van der Waals surface area contributed by atoms with E-state index in [0.717, 1.165) is 19.0 Å². The van der Waals surface area contributed by atoms with Crippen molar-refractivity contribution in [3.63, 3.8) is 0 Å². The Bertz CT molecular complexity index is 229. The molecule has 0 aromatic heterocycles. The zero-order chi connectivity index (χ0) is 12.3. The Kier molecular flexibility index (Phi) is 4.82. The number of likely N-dealkylation sites (tertiary alicyclic amines) is 1. The van der Waals surface area contributed by atoms with E-state index >= 15 is 0 Å². The quantitative estimate of drug-likeness (QED) is 0.722. The normalized spacial score (nSPS) is 22.2. The largest absolute Gasteiger partial charge is 0.342 e. The number of carbonyl (C=O) groups is 1. The summed E-state index contributed by atoms with van der Waals surface area (Å²) in [4.78, 5) is 14.3. The van der Waals surface area contributed by atoms with Crippen molar-refractivity contribution in [2.24, 2.45) is 23.7 Å². The molecule has 0 aromatic rings. The molecular weight excluding hydrogens is 198 g/mol. The van der Waals surface area contributed by atoms with E-state index in [1.807, 2.05) is 0 Å². The van der Waals surface area contributed by atoms with Crippen LogP contribution in [0, 0.1) is 23.7 Å². The minimum Gasteiger partial charge on any atom is -0.342 e. The van der Waals surface area contributed by atoms with Gasteiger partial charge in [0, 0.05) is 19.0 Å². The molecule has 2 heteroatoms. The van der Waals surface area contributed by atoms with Crippen LogP contribution in [0.15, 0.2) is 0 Å². The first-order valence-electron chi connectivity index (χ1n) is 6.72. The maximum atomic E-state index is 12.3. The van der Waals surface area contributed by atoms with Gasteiger partial charge in [-0.05, 0) is 30.6 Å². The molecule has 1 saturated heterocycles. The predicted molar refractivity (Wildman–Crippen MR) is 68.1 cm³/mol. The monoisotopic (exact) mass is 225 g/mol. The van der Waals surface area contributed by atoms with E-state index in [-0.39, 0.29) is 5.92 Å². The summed E-state index contributed by atoms with van der Waals surface area (Å²) >= 11 is 0. The lowest BCUT2D eigenvalue weighted by Gasteiger charge is -2.34. The van der Waals surface area contributed by atoms with Gasteiger partial charge in [0.25, 0.3) is 0 Å². The summed E-state index contributed by atoms with van der Waals surface area (Å²) in [5.74, 6) is 2.40. The molecule has 16 heavy (non-hydrogen) atoms. The van der Waals surface area contributed by atoms with E-state index in [1.165, 1.54) is 12.8 Å². The van der Waals surface area contributed by atoms with Crippen LogP contribution in [0.1, 0.15) is 47.5 Å². The van der Waals surface area contributed by atoms with Gasteiger partial charge in [-0.1, -0.05) is 34.6 Å². The number of piperidine rings is 1. The molecule has 0 bridgehead atoms. The first-order chi connectivity index (χ1) is 7.43. The Hall–Kier alpha value is -0.530. The maximum absolute atomic E-state index is 12.3. The fourth-order valence-electron chi connectivity index (χ4n) is 2.32. The third kappa shape index (κ3) is 3.23. The summed E-state index contributed by atoms with van der Waals surface area (Å²) in [6, 6.07) is 0. The van der Waals surface area contributed by atoms with Crippen molar-refractivity contribution in [3.8, 4) is 0 Å². The first-order valence-corrected chi connectivity index (χ1v) is 6.72. The molecule has 0 spiro atoms. The number of carbonyl (C=O) groups excluding carboxylic acids is 1. The maximum Gasteiger partial charge on any atom is 0.225 e. The lowest BCUT2D eigenvalue weighted by atomic mass is 9.85. The van der Waals surface area contributed by atoms with E-state index in [4.69, 9.17) is 0 Å². The number of rotatable bonds is 3. The zero-order valence-corrected chi connectivity index (χ0v) is 11.5. The molecule has 1 heterocycles. The summed E-state index contributed by atoms with van der Waals surface area (Å²) in [5.41, 5.74) is 0. The van der Waals surface area contributed by atoms with Gasteiger partial charge in [-0.25, -0.2) is 0 Å². The Morgan fingerprint density at radius 3 is 2.06 bits per heavy atom. The van der Waals surface area contributed by atoms with Gasteiger partial charge in [-0.3, -0.25) is 4.79 Å². The molecule has 0 N–H and O–H groups in total. The van der Waals surface area contributed by atoms with Crippen LogP contribution in [0.2, 0.25) is 0 Å². The first kappa shape index (κ1) is 13.5. The highest BCUT2D eigenvalue weighted by Crippen LogP contribution is 2.24.